The van der Waals surface area contributed by atoms with Gasteiger partial charge in [-0.1, -0.05) is 6.07 Å². The Bertz CT molecular complexity index is 928. The molecule has 0 atom stereocenters. The molecule has 0 aliphatic rings. The highest BCUT2D eigenvalue weighted by Gasteiger charge is 2.18. The predicted molar refractivity (Wildman–Crippen MR) is 96.4 cm³/mol. The molecule has 3 rings (SSSR count). The molecule has 0 saturated heterocycles. The van der Waals surface area contributed by atoms with Gasteiger partial charge in [0.2, 0.25) is 0 Å². The second kappa shape index (κ2) is 6.63. The molecule has 0 N–H and O–H groups in total. The van der Waals surface area contributed by atoms with Gasteiger partial charge in [-0.05, 0) is 46.8 Å². The Hall–Kier alpha value is -2.76. The third kappa shape index (κ3) is 3.24. The molecule has 25 heavy (non-hydrogen) atoms. The van der Waals surface area contributed by atoms with Crippen LogP contribution in [0.5, 0.6) is 0 Å². The summed E-state index contributed by atoms with van der Waals surface area (Å²) in [4.78, 5) is 25.3. The number of benzene rings is 1. The number of aromatic nitrogens is 4. The molecular formula is C19H22N4O2. The SMILES string of the molecule is Cc1nc2ccc(-c3ncncc3C(=O)OC(C)C)cc2n1C(C)C. The molecule has 0 bridgehead atoms. The molecule has 2 aromatic heterocycles. The first-order chi connectivity index (χ1) is 11.9. The number of aryl methyl sites for hydroxylation is 1. The first-order valence-electron chi connectivity index (χ1n) is 8.38. The Morgan fingerprint density at radius 1 is 1.20 bits per heavy atom. The van der Waals surface area contributed by atoms with Crippen LogP contribution < -0.4 is 0 Å². The lowest BCUT2D eigenvalue weighted by molar-refractivity contribution is 0.0378. The normalized spacial score (nSPS) is 11.5. The van der Waals surface area contributed by atoms with E-state index in [4.69, 9.17) is 4.74 Å². The molecule has 6 heteroatoms. The van der Waals surface area contributed by atoms with E-state index in [-0.39, 0.29) is 12.1 Å². The van der Waals surface area contributed by atoms with Crippen LogP contribution in [0, 0.1) is 6.92 Å². The van der Waals surface area contributed by atoms with Crippen molar-refractivity contribution >= 4 is 17.0 Å². The standard InChI is InChI=1S/C19H22N4O2/c1-11(2)23-13(5)22-16-7-6-14(8-17(16)23)18-15(9-20-10-21-18)19(24)25-12(3)4/h6-12H,1-5H3. The lowest BCUT2D eigenvalue weighted by atomic mass is 10.1. The average molecular weight is 338 g/mol. The van der Waals surface area contributed by atoms with Gasteiger partial charge >= 0.3 is 5.97 Å². The Kier molecular flexibility index (Phi) is 4.53. The van der Waals surface area contributed by atoms with Gasteiger partial charge in [0, 0.05) is 17.8 Å². The summed E-state index contributed by atoms with van der Waals surface area (Å²) in [6.45, 7) is 9.87. The number of carbonyl (C=O) groups excluding carboxylic acids is 1. The van der Waals surface area contributed by atoms with Crippen molar-refractivity contribution in [3.63, 3.8) is 0 Å². The number of rotatable bonds is 4. The summed E-state index contributed by atoms with van der Waals surface area (Å²) < 4.78 is 7.49. The maximum absolute atomic E-state index is 12.4. The highest BCUT2D eigenvalue weighted by Crippen LogP contribution is 2.28. The number of hydrogen-bond acceptors (Lipinski definition) is 5. The predicted octanol–water partition coefficient (Wildman–Crippen LogP) is 3.95. The summed E-state index contributed by atoms with van der Waals surface area (Å²) in [6.07, 6.45) is 2.74. The van der Waals surface area contributed by atoms with Gasteiger partial charge in [-0.25, -0.2) is 19.7 Å². The van der Waals surface area contributed by atoms with Gasteiger partial charge in [0.15, 0.2) is 0 Å². The van der Waals surface area contributed by atoms with Gasteiger partial charge in [0.25, 0.3) is 0 Å². The molecule has 3 aromatic rings. The van der Waals surface area contributed by atoms with E-state index >= 15 is 0 Å². The summed E-state index contributed by atoms with van der Waals surface area (Å²) >= 11 is 0. The lowest BCUT2D eigenvalue weighted by Crippen LogP contribution is -2.13. The number of hydrogen-bond donors (Lipinski definition) is 0. The number of carbonyl (C=O) groups is 1. The fourth-order valence-corrected chi connectivity index (χ4v) is 3.00. The average Bonchev–Trinajstić information content (AvgIpc) is 2.89. The molecule has 0 aliphatic heterocycles. The van der Waals surface area contributed by atoms with Crippen LogP contribution in [-0.2, 0) is 4.74 Å². The first-order valence-corrected chi connectivity index (χ1v) is 8.38. The highest BCUT2D eigenvalue weighted by molar-refractivity contribution is 5.96. The van der Waals surface area contributed by atoms with Crippen molar-refractivity contribution in [3.8, 4) is 11.3 Å². The Morgan fingerprint density at radius 3 is 2.64 bits per heavy atom. The Balaban J connectivity index is 2.14. The van der Waals surface area contributed by atoms with Crippen molar-refractivity contribution in [1.82, 2.24) is 19.5 Å². The summed E-state index contributed by atoms with van der Waals surface area (Å²) in [5.41, 5.74) is 3.72. The van der Waals surface area contributed by atoms with Gasteiger partial charge in [0.1, 0.15) is 17.7 Å². The summed E-state index contributed by atoms with van der Waals surface area (Å²) in [6, 6.07) is 6.18. The van der Waals surface area contributed by atoms with Crippen molar-refractivity contribution in [2.75, 3.05) is 0 Å². The second-order valence-corrected chi connectivity index (χ2v) is 6.57. The molecule has 0 unspecified atom stereocenters. The molecule has 130 valence electrons. The van der Waals surface area contributed by atoms with E-state index in [0.29, 0.717) is 11.3 Å². The molecule has 1 aromatic carbocycles. The van der Waals surface area contributed by atoms with Gasteiger partial charge in [-0.2, -0.15) is 0 Å². The molecule has 2 heterocycles. The van der Waals surface area contributed by atoms with Gasteiger partial charge in [-0.3, -0.25) is 0 Å². The van der Waals surface area contributed by atoms with E-state index in [9.17, 15) is 4.79 Å². The maximum Gasteiger partial charge on any atom is 0.342 e. The fourth-order valence-electron chi connectivity index (χ4n) is 3.00. The van der Waals surface area contributed by atoms with Crippen LogP contribution in [0.2, 0.25) is 0 Å². The molecule has 0 spiro atoms. The number of ether oxygens (including phenoxy) is 1. The highest BCUT2D eigenvalue weighted by atomic mass is 16.5. The Morgan fingerprint density at radius 2 is 1.96 bits per heavy atom. The van der Waals surface area contributed by atoms with E-state index in [1.54, 1.807) is 0 Å². The van der Waals surface area contributed by atoms with Crippen LogP contribution in [-0.4, -0.2) is 31.6 Å². The molecule has 0 fully saturated rings. The zero-order valence-electron chi connectivity index (χ0n) is 15.1. The quantitative estimate of drug-likeness (QED) is 0.674. The lowest BCUT2D eigenvalue weighted by Gasteiger charge is -2.13. The molecule has 6 nitrogen and oxygen atoms in total. The van der Waals surface area contributed by atoms with Crippen molar-refractivity contribution < 1.29 is 9.53 Å². The summed E-state index contributed by atoms with van der Waals surface area (Å²) in [7, 11) is 0. The largest absolute Gasteiger partial charge is 0.459 e. The molecule has 0 aliphatic carbocycles. The van der Waals surface area contributed by atoms with E-state index in [1.165, 1.54) is 12.5 Å². The van der Waals surface area contributed by atoms with E-state index in [1.807, 2.05) is 39.0 Å². The molecule has 0 radical (unpaired) electrons. The van der Waals surface area contributed by atoms with Crippen LogP contribution in [0.15, 0.2) is 30.7 Å². The van der Waals surface area contributed by atoms with Gasteiger partial charge in [0.05, 0.1) is 22.8 Å². The van der Waals surface area contributed by atoms with Crippen LogP contribution in [0.1, 0.15) is 49.9 Å². The fraction of sp³-hybridized carbons (Fsp3) is 0.368. The summed E-state index contributed by atoms with van der Waals surface area (Å²) in [5, 5.41) is 0. The van der Waals surface area contributed by atoms with Crippen molar-refractivity contribution in [2.45, 2.75) is 46.8 Å². The van der Waals surface area contributed by atoms with Crippen molar-refractivity contribution in [3.05, 3.63) is 42.1 Å². The van der Waals surface area contributed by atoms with Crippen LogP contribution in [0.3, 0.4) is 0 Å². The number of esters is 1. The minimum absolute atomic E-state index is 0.201. The van der Waals surface area contributed by atoms with Crippen molar-refractivity contribution in [2.24, 2.45) is 0 Å². The van der Waals surface area contributed by atoms with Gasteiger partial charge < -0.3 is 9.30 Å². The minimum Gasteiger partial charge on any atom is -0.459 e. The zero-order valence-corrected chi connectivity index (χ0v) is 15.1. The Labute approximate surface area is 146 Å². The zero-order chi connectivity index (χ0) is 18.1. The monoisotopic (exact) mass is 338 g/mol. The third-order valence-corrected chi connectivity index (χ3v) is 3.93. The molecule has 0 amide bonds. The number of nitrogens with zero attached hydrogens (tertiary/aromatic N) is 4. The van der Waals surface area contributed by atoms with Crippen LogP contribution in [0.25, 0.3) is 22.3 Å². The number of fused-ring (bicyclic) bond motifs is 1. The van der Waals surface area contributed by atoms with Crippen LogP contribution in [0.4, 0.5) is 0 Å². The van der Waals surface area contributed by atoms with E-state index in [0.717, 1.165) is 22.4 Å². The van der Waals surface area contributed by atoms with Crippen LogP contribution >= 0.6 is 0 Å². The summed E-state index contributed by atoms with van der Waals surface area (Å²) in [5.74, 6) is 0.545. The van der Waals surface area contributed by atoms with E-state index in [2.05, 4.69) is 33.4 Å². The topological polar surface area (TPSA) is 69.9 Å². The van der Waals surface area contributed by atoms with Crippen molar-refractivity contribution in [1.29, 1.82) is 0 Å². The second-order valence-electron chi connectivity index (χ2n) is 6.57. The first kappa shape index (κ1) is 17.1. The third-order valence-electron chi connectivity index (χ3n) is 3.93. The molecule has 0 saturated carbocycles. The number of imidazole rings is 1. The minimum atomic E-state index is -0.417. The molecular weight excluding hydrogens is 316 g/mol. The van der Waals surface area contributed by atoms with Gasteiger partial charge in [-0.15, -0.1) is 0 Å². The smallest absolute Gasteiger partial charge is 0.342 e. The maximum atomic E-state index is 12.4. The van der Waals surface area contributed by atoms with E-state index < -0.39 is 5.97 Å².